The van der Waals surface area contributed by atoms with Crippen LogP contribution >= 0.6 is 0 Å². The van der Waals surface area contributed by atoms with Crippen molar-refractivity contribution in [1.82, 2.24) is 5.32 Å². The largest absolute Gasteiger partial charge is 0.352 e. The van der Waals surface area contributed by atoms with Crippen molar-refractivity contribution in [3.8, 4) is 0 Å². The zero-order valence-corrected chi connectivity index (χ0v) is 14.4. The predicted molar refractivity (Wildman–Crippen MR) is 91.6 cm³/mol. The fourth-order valence-electron chi connectivity index (χ4n) is 3.31. The highest BCUT2D eigenvalue weighted by molar-refractivity contribution is 7.91. The van der Waals surface area contributed by atoms with Crippen molar-refractivity contribution >= 4 is 15.9 Å². The van der Waals surface area contributed by atoms with Crippen molar-refractivity contribution < 1.29 is 17.6 Å². The number of rotatable bonds is 4. The second kappa shape index (κ2) is 6.84. The van der Waals surface area contributed by atoms with E-state index in [1.54, 1.807) is 24.3 Å². The number of primary amides is 1. The van der Waals surface area contributed by atoms with Gasteiger partial charge in [-0.15, -0.1) is 0 Å². The van der Waals surface area contributed by atoms with Gasteiger partial charge in [-0.1, -0.05) is 18.2 Å². The molecule has 0 radical (unpaired) electrons. The summed E-state index contributed by atoms with van der Waals surface area (Å²) < 4.78 is 40.2. The Morgan fingerprint density at radius 1 is 1.20 bits per heavy atom. The normalized spacial score (nSPS) is 16.9. The van der Waals surface area contributed by atoms with Crippen LogP contribution in [0.2, 0.25) is 0 Å². The predicted octanol–water partition coefficient (Wildman–Crippen LogP) is 2.75. The number of hydrogen-bond donors (Lipinski definition) is 2. The summed E-state index contributed by atoms with van der Waals surface area (Å²) in [5.41, 5.74) is 6.25. The molecule has 1 atom stereocenters. The van der Waals surface area contributed by atoms with E-state index < -0.39 is 21.7 Å². The van der Waals surface area contributed by atoms with Crippen molar-refractivity contribution in [1.29, 1.82) is 0 Å². The van der Waals surface area contributed by atoms with Crippen LogP contribution in [0.5, 0.6) is 0 Å². The summed E-state index contributed by atoms with van der Waals surface area (Å²) in [6, 6.07) is 9.94. The zero-order valence-electron chi connectivity index (χ0n) is 13.5. The van der Waals surface area contributed by atoms with Crippen molar-refractivity contribution in [3.05, 3.63) is 59.4 Å². The van der Waals surface area contributed by atoms with E-state index in [9.17, 15) is 17.6 Å². The van der Waals surface area contributed by atoms with E-state index in [0.29, 0.717) is 17.5 Å². The van der Waals surface area contributed by atoms with E-state index in [-0.39, 0.29) is 22.3 Å². The summed E-state index contributed by atoms with van der Waals surface area (Å²) in [7, 11) is -3.77. The molecule has 0 bridgehead atoms. The Hall–Kier alpha value is -2.41. The molecule has 0 aliphatic heterocycles. The van der Waals surface area contributed by atoms with Gasteiger partial charge in [0.25, 0.3) is 0 Å². The summed E-state index contributed by atoms with van der Waals surface area (Å²) in [6.07, 6.45) is 2.12. The van der Waals surface area contributed by atoms with E-state index in [0.717, 1.165) is 18.9 Å². The molecule has 2 amide bonds. The quantitative estimate of drug-likeness (QED) is 0.876. The van der Waals surface area contributed by atoms with Crippen LogP contribution in [0.1, 0.15) is 29.9 Å². The lowest BCUT2D eigenvalue weighted by Gasteiger charge is -2.26. The number of fused-ring (bicyclic) bond motifs is 1. The molecule has 1 aliphatic rings. The summed E-state index contributed by atoms with van der Waals surface area (Å²) in [4.78, 5) is 11.0. The molecule has 5 nitrogen and oxygen atoms in total. The Morgan fingerprint density at radius 3 is 2.60 bits per heavy atom. The molecule has 0 saturated heterocycles. The number of urea groups is 1. The second-order valence-electron chi connectivity index (χ2n) is 6.13. The van der Waals surface area contributed by atoms with Crippen molar-refractivity contribution in [3.63, 3.8) is 0 Å². The second-order valence-corrected chi connectivity index (χ2v) is 8.08. The highest BCUT2D eigenvalue weighted by atomic mass is 32.2. The number of carbonyl (C=O) groups excluding carboxylic acids is 1. The summed E-state index contributed by atoms with van der Waals surface area (Å²) in [5, 5.41) is 2.51. The molecule has 2 aromatic rings. The third-order valence-corrected chi connectivity index (χ3v) is 6.23. The SMILES string of the molecule is NC(=O)NCC1CCCc2cc(S(=O)(=O)c3ccccc3)cc(F)c21. The average Bonchev–Trinajstić information content (AvgIpc) is 2.60. The summed E-state index contributed by atoms with van der Waals surface area (Å²) in [5.74, 6) is -0.757. The number of halogens is 1. The molecule has 25 heavy (non-hydrogen) atoms. The molecular formula is C18H19FN2O3S. The molecule has 0 heterocycles. The van der Waals surface area contributed by atoms with Gasteiger partial charge in [0, 0.05) is 12.5 Å². The van der Waals surface area contributed by atoms with Crippen LogP contribution in [0.4, 0.5) is 9.18 Å². The van der Waals surface area contributed by atoms with Gasteiger partial charge >= 0.3 is 6.03 Å². The lowest BCUT2D eigenvalue weighted by atomic mass is 9.82. The zero-order chi connectivity index (χ0) is 18.0. The Bertz CT molecular complexity index is 898. The number of nitrogens with two attached hydrogens (primary N) is 1. The minimum Gasteiger partial charge on any atom is -0.352 e. The number of aryl methyl sites for hydroxylation is 1. The Labute approximate surface area is 146 Å². The van der Waals surface area contributed by atoms with Crippen LogP contribution in [-0.2, 0) is 16.3 Å². The Morgan fingerprint density at radius 2 is 1.92 bits per heavy atom. The first-order valence-electron chi connectivity index (χ1n) is 8.05. The molecule has 3 N–H and O–H groups in total. The maximum atomic E-state index is 14.7. The van der Waals surface area contributed by atoms with Gasteiger partial charge in [-0.25, -0.2) is 17.6 Å². The van der Waals surface area contributed by atoms with Gasteiger partial charge in [0.2, 0.25) is 9.84 Å². The van der Waals surface area contributed by atoms with Gasteiger partial charge in [0.05, 0.1) is 9.79 Å². The van der Waals surface area contributed by atoms with Crippen molar-refractivity contribution in [2.45, 2.75) is 35.0 Å². The first-order valence-corrected chi connectivity index (χ1v) is 9.53. The first kappa shape index (κ1) is 17.4. The van der Waals surface area contributed by atoms with Gasteiger partial charge < -0.3 is 11.1 Å². The molecule has 0 spiro atoms. The lowest BCUT2D eigenvalue weighted by molar-refractivity contribution is 0.247. The van der Waals surface area contributed by atoms with Crippen molar-refractivity contribution in [2.75, 3.05) is 6.54 Å². The van der Waals surface area contributed by atoms with E-state index in [4.69, 9.17) is 5.73 Å². The third kappa shape index (κ3) is 3.51. The standard InChI is InChI=1S/C18H19FN2O3S/c19-16-10-15(25(23,24)14-7-2-1-3-8-14)9-12-5-4-6-13(17(12)16)11-21-18(20)22/h1-3,7-10,13H,4-6,11H2,(H3,20,21,22). The average molecular weight is 362 g/mol. The fraction of sp³-hybridized carbons (Fsp3) is 0.278. The molecule has 0 aromatic heterocycles. The van der Waals surface area contributed by atoms with Crippen LogP contribution < -0.4 is 11.1 Å². The maximum absolute atomic E-state index is 14.7. The van der Waals surface area contributed by atoms with Gasteiger partial charge in [0.15, 0.2) is 0 Å². The monoisotopic (exact) mass is 362 g/mol. The number of sulfone groups is 1. The van der Waals surface area contributed by atoms with Gasteiger partial charge in [0.1, 0.15) is 5.82 Å². The minimum atomic E-state index is -3.77. The molecular weight excluding hydrogens is 343 g/mol. The van der Waals surface area contributed by atoms with E-state index >= 15 is 0 Å². The topological polar surface area (TPSA) is 89.3 Å². The summed E-state index contributed by atoms with van der Waals surface area (Å²) >= 11 is 0. The molecule has 7 heteroatoms. The highest BCUT2D eigenvalue weighted by Gasteiger charge is 2.27. The number of amides is 2. The van der Waals surface area contributed by atoms with Crippen LogP contribution in [0.25, 0.3) is 0 Å². The third-order valence-electron chi connectivity index (χ3n) is 4.48. The smallest absolute Gasteiger partial charge is 0.312 e. The number of benzene rings is 2. The molecule has 0 fully saturated rings. The fourth-order valence-corrected chi connectivity index (χ4v) is 4.66. The maximum Gasteiger partial charge on any atom is 0.312 e. The van der Waals surface area contributed by atoms with Gasteiger partial charge in [-0.3, -0.25) is 0 Å². The van der Waals surface area contributed by atoms with E-state index in [2.05, 4.69) is 5.32 Å². The number of nitrogens with one attached hydrogen (secondary N) is 1. The number of carbonyl (C=O) groups is 1. The van der Waals surface area contributed by atoms with Crippen LogP contribution in [0, 0.1) is 5.82 Å². The van der Waals surface area contributed by atoms with Crippen molar-refractivity contribution in [2.24, 2.45) is 5.73 Å². The van der Waals surface area contributed by atoms with Gasteiger partial charge in [-0.2, -0.15) is 0 Å². The Balaban J connectivity index is 2.01. The first-order chi connectivity index (χ1) is 11.9. The lowest BCUT2D eigenvalue weighted by Crippen LogP contribution is -2.34. The molecule has 132 valence electrons. The van der Waals surface area contributed by atoms with E-state index in [1.807, 2.05) is 0 Å². The molecule has 1 aliphatic carbocycles. The molecule has 0 saturated carbocycles. The van der Waals surface area contributed by atoms with Gasteiger partial charge in [-0.05, 0) is 54.7 Å². The number of hydrogen-bond acceptors (Lipinski definition) is 3. The van der Waals surface area contributed by atoms with E-state index in [1.165, 1.54) is 12.1 Å². The van der Waals surface area contributed by atoms with Crippen LogP contribution in [0.3, 0.4) is 0 Å². The van der Waals surface area contributed by atoms with Crippen LogP contribution in [-0.4, -0.2) is 21.0 Å². The van der Waals surface area contributed by atoms with Crippen LogP contribution in [0.15, 0.2) is 52.3 Å². The highest BCUT2D eigenvalue weighted by Crippen LogP contribution is 2.36. The molecule has 1 unspecified atom stereocenters. The summed E-state index contributed by atoms with van der Waals surface area (Å²) in [6.45, 7) is 0.240. The molecule has 2 aromatic carbocycles. The minimum absolute atomic E-state index is 0.0431. The Kier molecular flexibility index (Phi) is 4.76. The molecule has 3 rings (SSSR count).